The molecule has 1 aliphatic rings. The molecule has 1 aromatic carbocycles. The van der Waals surface area contributed by atoms with E-state index in [9.17, 15) is 4.79 Å². The highest BCUT2D eigenvalue weighted by Gasteiger charge is 2.11. The number of benzene rings is 1. The Morgan fingerprint density at radius 2 is 2.17 bits per heavy atom. The number of ether oxygens (including phenoxy) is 1. The van der Waals surface area contributed by atoms with Crippen LogP contribution in [0, 0.1) is 0 Å². The van der Waals surface area contributed by atoms with Crippen molar-refractivity contribution in [2.24, 2.45) is 10.7 Å². The van der Waals surface area contributed by atoms with Gasteiger partial charge in [0.25, 0.3) is 0 Å². The van der Waals surface area contributed by atoms with Crippen LogP contribution in [0.2, 0.25) is 0 Å². The Kier molecular flexibility index (Phi) is 7.88. The third-order valence-electron chi connectivity index (χ3n) is 4.73. The summed E-state index contributed by atoms with van der Waals surface area (Å²) < 4.78 is 5.39. The third-order valence-corrected chi connectivity index (χ3v) is 4.73. The smallest absolute Gasteiger partial charge is 0.248 e. The van der Waals surface area contributed by atoms with Gasteiger partial charge in [-0.3, -0.25) is 19.7 Å². The molecule has 7 heteroatoms. The van der Waals surface area contributed by atoms with Gasteiger partial charge < -0.3 is 15.8 Å². The summed E-state index contributed by atoms with van der Waals surface area (Å²) in [5.74, 6) is -0.212. The van der Waals surface area contributed by atoms with Crippen LogP contribution in [0.5, 0.6) is 0 Å². The molecule has 7 nitrogen and oxygen atoms in total. The number of morpholine rings is 1. The van der Waals surface area contributed by atoms with Crippen LogP contribution in [-0.2, 0) is 16.1 Å². The quantitative estimate of drug-likeness (QED) is 0.546. The lowest BCUT2D eigenvalue weighted by molar-refractivity contribution is -0.111. The van der Waals surface area contributed by atoms with Crippen molar-refractivity contribution in [2.45, 2.75) is 6.54 Å². The molecule has 1 fully saturated rings. The monoisotopic (exact) mass is 405 g/mol. The summed E-state index contributed by atoms with van der Waals surface area (Å²) >= 11 is 0. The van der Waals surface area contributed by atoms with E-state index in [1.54, 1.807) is 31.7 Å². The average molecular weight is 406 g/mol. The van der Waals surface area contributed by atoms with Gasteiger partial charge in [-0.25, -0.2) is 0 Å². The lowest BCUT2D eigenvalue weighted by Gasteiger charge is -2.26. The number of pyridine rings is 1. The number of hydrogen-bond acceptors (Lipinski definition) is 6. The zero-order valence-electron chi connectivity index (χ0n) is 17.1. The molecule has 0 bridgehead atoms. The number of allylic oxidation sites excluding steroid dienone is 1. The van der Waals surface area contributed by atoms with Gasteiger partial charge in [-0.1, -0.05) is 12.1 Å². The van der Waals surface area contributed by atoms with E-state index < -0.39 is 0 Å². The highest BCUT2D eigenvalue weighted by Crippen LogP contribution is 2.18. The van der Waals surface area contributed by atoms with Crippen LogP contribution in [-0.4, -0.2) is 55.4 Å². The Hall–Kier alpha value is -3.29. The van der Waals surface area contributed by atoms with Gasteiger partial charge in [-0.05, 0) is 35.4 Å². The summed E-state index contributed by atoms with van der Waals surface area (Å²) in [5, 5.41) is 2.92. The van der Waals surface area contributed by atoms with Crippen LogP contribution in [0.3, 0.4) is 0 Å². The number of nitrogens with two attached hydrogens (primary N) is 1. The molecule has 1 saturated heterocycles. The molecule has 156 valence electrons. The first kappa shape index (κ1) is 21.4. The number of nitrogens with one attached hydrogen (secondary N) is 1. The van der Waals surface area contributed by atoms with Crippen molar-refractivity contribution < 1.29 is 9.53 Å². The van der Waals surface area contributed by atoms with E-state index in [2.05, 4.69) is 26.3 Å². The summed E-state index contributed by atoms with van der Waals surface area (Å²) in [6, 6.07) is 9.75. The fraction of sp³-hybridized carbons (Fsp3) is 0.261. The summed E-state index contributed by atoms with van der Waals surface area (Å²) in [4.78, 5) is 23.0. The maximum atomic E-state index is 12.5. The molecule has 0 spiro atoms. The summed E-state index contributed by atoms with van der Waals surface area (Å²) in [6.07, 6.45) is 9.75. The Morgan fingerprint density at radius 1 is 1.33 bits per heavy atom. The van der Waals surface area contributed by atoms with E-state index in [0.717, 1.165) is 60.8 Å². The number of carbonyl (C=O) groups is 1. The van der Waals surface area contributed by atoms with Gasteiger partial charge in [0, 0.05) is 74.4 Å². The Balaban J connectivity index is 1.66. The summed E-state index contributed by atoms with van der Waals surface area (Å²) in [6.45, 7) is 4.23. The number of carbonyl (C=O) groups excluding carboxylic acids is 1. The van der Waals surface area contributed by atoms with Crippen LogP contribution in [0.1, 0.15) is 16.7 Å². The zero-order chi connectivity index (χ0) is 21.2. The van der Waals surface area contributed by atoms with Gasteiger partial charge in [-0.2, -0.15) is 0 Å². The van der Waals surface area contributed by atoms with Crippen molar-refractivity contribution in [1.82, 2.24) is 9.88 Å². The van der Waals surface area contributed by atoms with Gasteiger partial charge in [0.05, 0.1) is 13.2 Å². The standard InChI is InChI=1S/C23H27N5O2/c1-25-15-20(14-24)22-7-8-26-16-19(22)5-6-23(29)27-21-4-2-3-18(13-21)17-28-9-11-30-12-10-28/h2-8,13-16H,9-12,17,24H2,1H3,(H,27,29)/b6-5+,20-14?,25-15?. The van der Waals surface area contributed by atoms with Crippen molar-refractivity contribution in [2.75, 3.05) is 38.7 Å². The molecule has 0 radical (unpaired) electrons. The maximum Gasteiger partial charge on any atom is 0.248 e. The number of anilines is 1. The molecule has 0 atom stereocenters. The van der Waals surface area contributed by atoms with E-state index in [1.165, 1.54) is 12.3 Å². The van der Waals surface area contributed by atoms with Crippen LogP contribution in [0.15, 0.2) is 60.0 Å². The second-order valence-electron chi connectivity index (χ2n) is 6.88. The van der Waals surface area contributed by atoms with Crippen molar-refractivity contribution in [3.05, 3.63) is 71.7 Å². The molecule has 2 heterocycles. The maximum absolute atomic E-state index is 12.5. The Labute approximate surface area is 177 Å². The van der Waals surface area contributed by atoms with Gasteiger partial charge in [-0.15, -0.1) is 0 Å². The van der Waals surface area contributed by atoms with Crippen LogP contribution in [0.25, 0.3) is 11.6 Å². The molecule has 2 aromatic rings. The number of aliphatic imine (C=N–C) groups is 1. The molecular weight excluding hydrogens is 378 g/mol. The molecule has 1 aromatic heterocycles. The molecule has 3 rings (SSSR count). The summed E-state index contributed by atoms with van der Waals surface area (Å²) in [7, 11) is 1.68. The zero-order valence-corrected chi connectivity index (χ0v) is 17.1. The lowest BCUT2D eigenvalue weighted by atomic mass is 10.0. The van der Waals surface area contributed by atoms with Crippen molar-refractivity contribution >= 4 is 29.5 Å². The predicted molar refractivity (Wildman–Crippen MR) is 121 cm³/mol. The fourth-order valence-electron chi connectivity index (χ4n) is 3.26. The van der Waals surface area contributed by atoms with Crippen LogP contribution >= 0.6 is 0 Å². The van der Waals surface area contributed by atoms with Crippen LogP contribution < -0.4 is 11.1 Å². The largest absolute Gasteiger partial charge is 0.404 e. The van der Waals surface area contributed by atoms with E-state index in [4.69, 9.17) is 10.5 Å². The fourth-order valence-corrected chi connectivity index (χ4v) is 3.26. The molecule has 0 saturated carbocycles. The highest BCUT2D eigenvalue weighted by atomic mass is 16.5. The SMILES string of the molecule is CN=CC(=CN)c1ccncc1/C=C/C(=O)Nc1cccc(CN2CCOCC2)c1. The van der Waals surface area contributed by atoms with Gasteiger partial charge >= 0.3 is 0 Å². The van der Waals surface area contributed by atoms with E-state index in [-0.39, 0.29) is 5.91 Å². The molecule has 30 heavy (non-hydrogen) atoms. The molecule has 1 aliphatic heterocycles. The van der Waals surface area contributed by atoms with E-state index >= 15 is 0 Å². The van der Waals surface area contributed by atoms with Gasteiger partial charge in [0.15, 0.2) is 0 Å². The topological polar surface area (TPSA) is 92.8 Å². The van der Waals surface area contributed by atoms with Crippen molar-refractivity contribution in [3.8, 4) is 0 Å². The Bertz CT molecular complexity index is 946. The van der Waals surface area contributed by atoms with Crippen LogP contribution in [0.4, 0.5) is 5.69 Å². The normalized spacial score (nSPS) is 15.7. The minimum atomic E-state index is -0.212. The summed E-state index contributed by atoms with van der Waals surface area (Å²) in [5.41, 5.74) is 10.0. The second-order valence-corrected chi connectivity index (χ2v) is 6.88. The molecule has 1 amide bonds. The Morgan fingerprint density at radius 3 is 2.93 bits per heavy atom. The second kappa shape index (κ2) is 11.0. The first-order chi connectivity index (χ1) is 14.7. The number of aromatic nitrogens is 1. The minimum absolute atomic E-state index is 0.212. The van der Waals surface area contributed by atoms with E-state index in [1.807, 2.05) is 24.3 Å². The molecule has 0 aliphatic carbocycles. The first-order valence-corrected chi connectivity index (χ1v) is 9.86. The van der Waals surface area contributed by atoms with Crippen molar-refractivity contribution in [3.63, 3.8) is 0 Å². The number of rotatable bonds is 7. The lowest BCUT2D eigenvalue weighted by Crippen LogP contribution is -2.35. The first-order valence-electron chi connectivity index (χ1n) is 9.86. The number of nitrogens with zero attached hydrogens (tertiary/aromatic N) is 3. The third kappa shape index (κ3) is 6.10. The van der Waals surface area contributed by atoms with Gasteiger partial charge in [0.2, 0.25) is 5.91 Å². The number of hydrogen-bond donors (Lipinski definition) is 2. The number of amides is 1. The molecule has 0 unspecified atom stereocenters. The predicted octanol–water partition coefficient (Wildman–Crippen LogP) is 2.57. The van der Waals surface area contributed by atoms with Gasteiger partial charge in [0.1, 0.15) is 0 Å². The molecule has 3 N–H and O–H groups in total. The average Bonchev–Trinajstić information content (AvgIpc) is 2.77. The van der Waals surface area contributed by atoms with E-state index in [0.29, 0.717) is 0 Å². The van der Waals surface area contributed by atoms with Crippen molar-refractivity contribution in [1.29, 1.82) is 0 Å². The minimum Gasteiger partial charge on any atom is -0.404 e. The highest BCUT2D eigenvalue weighted by molar-refractivity contribution is 6.11. The molecular formula is C23H27N5O2.